The topological polar surface area (TPSA) is 77.3 Å². The van der Waals surface area contributed by atoms with Crippen LogP contribution < -0.4 is 12.4 Å². The van der Waals surface area contributed by atoms with Crippen LogP contribution in [0.15, 0.2) is 292 Å². The smallest absolute Gasteiger partial charge is 1.00 e. The van der Waals surface area contributed by atoms with Crippen LogP contribution in [-0.4, -0.2) is 29.9 Å². The van der Waals surface area contributed by atoms with Crippen molar-refractivity contribution in [1.29, 1.82) is 0 Å². The Labute approximate surface area is 482 Å². The predicted molar refractivity (Wildman–Crippen MR) is 324 cm³/mol. The minimum absolute atomic E-state index is 0. The molecule has 6 nitrogen and oxygen atoms in total. The molecule has 0 saturated heterocycles. The number of aromatic nitrogens is 6. The van der Waals surface area contributed by atoms with Crippen molar-refractivity contribution in [1.82, 2.24) is 29.9 Å². The summed E-state index contributed by atoms with van der Waals surface area (Å²) < 4.78 is 0. The van der Waals surface area contributed by atoms with E-state index in [2.05, 4.69) is 248 Å². The average Bonchev–Trinajstić information content (AvgIpc) is 3.59. The van der Waals surface area contributed by atoms with Crippen LogP contribution in [0.5, 0.6) is 0 Å². The molecule has 0 amide bonds. The van der Waals surface area contributed by atoms with E-state index < -0.39 is 0 Å². The molecule has 6 aromatic heterocycles. The molecule has 6 heterocycles. The number of hydrogen-bond donors (Lipinski definition) is 0. The summed E-state index contributed by atoms with van der Waals surface area (Å²) in [5, 5.41) is 6.77. The van der Waals surface area contributed by atoms with Crippen molar-refractivity contribution in [2.24, 2.45) is 0 Å². The van der Waals surface area contributed by atoms with Crippen molar-refractivity contribution in [3.05, 3.63) is 292 Å². The Bertz CT molecular complexity index is 3830. The summed E-state index contributed by atoms with van der Waals surface area (Å²) in [4.78, 5) is 28.0. The minimum Gasteiger partial charge on any atom is -1.00 e. The number of pyridine rings is 6. The van der Waals surface area contributed by atoms with E-state index in [1.165, 1.54) is 66.8 Å². The van der Waals surface area contributed by atoms with E-state index in [9.17, 15) is 0 Å². The first-order chi connectivity index (χ1) is 38.7. The molecule has 15 aromatic rings. The van der Waals surface area contributed by atoms with E-state index >= 15 is 0 Å². The van der Waals surface area contributed by atoms with Crippen molar-refractivity contribution in [3.63, 3.8) is 0 Å². The van der Waals surface area contributed by atoms with Gasteiger partial charge in [0, 0.05) is 69.5 Å². The predicted octanol–water partition coefficient (Wildman–Crippen LogP) is 15.4. The van der Waals surface area contributed by atoms with Gasteiger partial charge in [-0.3, -0.25) is 29.9 Å². The number of hydrogen-bond acceptors (Lipinski definition) is 6. The molecule has 9 aromatic carbocycles. The minimum atomic E-state index is 0. The SMILES string of the molecule is [Cl-].[Ru+2].c1ccc(-c2ccnc3c2ccc2c(-c4ccccc4)ccnc23)cc1.c1ccc(-c2ccnc3c2ccc2c(-c4ccccc4)ccnc23)cc1.c1ccc(-c2ccnc3c2ccc2c(-c4ccccc4)ccnc23)cc1. The van der Waals surface area contributed by atoms with Gasteiger partial charge in [0.1, 0.15) is 0 Å². The second-order valence-corrected chi connectivity index (χ2v) is 18.9. The summed E-state index contributed by atoms with van der Waals surface area (Å²) >= 11 is 0. The molecule has 0 N–H and O–H groups in total. The fourth-order valence-corrected chi connectivity index (χ4v) is 10.7. The van der Waals surface area contributed by atoms with Gasteiger partial charge in [-0.25, -0.2) is 0 Å². The van der Waals surface area contributed by atoms with Crippen LogP contribution in [0.1, 0.15) is 0 Å². The van der Waals surface area contributed by atoms with Gasteiger partial charge in [-0.2, -0.15) is 0 Å². The third-order valence-electron chi connectivity index (χ3n) is 14.4. The van der Waals surface area contributed by atoms with Gasteiger partial charge in [0.15, 0.2) is 0 Å². The van der Waals surface area contributed by atoms with Crippen molar-refractivity contribution < 1.29 is 31.9 Å². The van der Waals surface area contributed by atoms with Crippen LogP contribution in [-0.2, 0) is 19.5 Å². The first-order valence-electron chi connectivity index (χ1n) is 26.1. The third kappa shape index (κ3) is 10.3. The molecule has 8 heteroatoms. The van der Waals surface area contributed by atoms with Crippen molar-refractivity contribution in [2.75, 3.05) is 0 Å². The Morgan fingerprint density at radius 3 is 0.438 bits per heavy atom. The molecule has 0 radical (unpaired) electrons. The number of fused-ring (bicyclic) bond motifs is 9. The molecule has 0 aliphatic rings. The number of halogens is 1. The summed E-state index contributed by atoms with van der Waals surface area (Å²) in [5.41, 5.74) is 19.9. The van der Waals surface area contributed by atoms with Gasteiger partial charge < -0.3 is 12.4 Å². The molecule has 15 rings (SSSR count). The second-order valence-electron chi connectivity index (χ2n) is 18.9. The molecule has 0 aliphatic heterocycles. The number of benzene rings is 9. The largest absolute Gasteiger partial charge is 2.00 e. The maximum absolute atomic E-state index is 4.67. The molecule has 380 valence electrons. The van der Waals surface area contributed by atoms with Crippen molar-refractivity contribution in [2.45, 2.75) is 0 Å². The van der Waals surface area contributed by atoms with Crippen LogP contribution in [0.3, 0.4) is 0 Å². The van der Waals surface area contributed by atoms with Crippen LogP contribution in [0.2, 0.25) is 0 Å². The van der Waals surface area contributed by atoms with Crippen molar-refractivity contribution >= 4 is 65.4 Å². The van der Waals surface area contributed by atoms with E-state index in [0.717, 1.165) is 65.4 Å². The van der Waals surface area contributed by atoms with Gasteiger partial charge in [-0.1, -0.05) is 218 Å². The standard InChI is InChI=1S/3C24H16N2.ClH.Ru/c3*1-3-7-17(8-4-1)19-13-15-25-23-21(19)11-12-22-20(14-16-26-24(22)23)18-9-5-2-6-10-18;;/h3*1-16H;1H;/q;;;;+2/p-1. The van der Waals surface area contributed by atoms with Crippen molar-refractivity contribution in [3.8, 4) is 66.8 Å². The van der Waals surface area contributed by atoms with Crippen LogP contribution in [0.4, 0.5) is 0 Å². The summed E-state index contributed by atoms with van der Waals surface area (Å²) in [7, 11) is 0. The average molecular weight is 1130 g/mol. The molecule has 0 atom stereocenters. The molecule has 0 saturated carbocycles. The van der Waals surface area contributed by atoms with Gasteiger partial charge in [-0.05, 0) is 103 Å². The van der Waals surface area contributed by atoms with Crippen LogP contribution in [0.25, 0.3) is 132 Å². The molecular formula is C72H48ClN6Ru+. The molecular weight excluding hydrogens is 1090 g/mol. The zero-order valence-electron chi connectivity index (χ0n) is 43.1. The van der Waals surface area contributed by atoms with E-state index in [1.54, 1.807) is 0 Å². The number of rotatable bonds is 6. The van der Waals surface area contributed by atoms with Gasteiger partial charge in [-0.15, -0.1) is 0 Å². The molecule has 0 unspecified atom stereocenters. The van der Waals surface area contributed by atoms with Gasteiger partial charge in [0.2, 0.25) is 0 Å². The Hall–Kier alpha value is -9.65. The van der Waals surface area contributed by atoms with Crippen LogP contribution >= 0.6 is 0 Å². The molecule has 0 spiro atoms. The molecule has 0 bridgehead atoms. The molecule has 0 fully saturated rings. The van der Waals surface area contributed by atoms with E-state index in [-0.39, 0.29) is 31.9 Å². The second kappa shape index (κ2) is 23.9. The zero-order valence-corrected chi connectivity index (χ0v) is 45.6. The number of nitrogens with zero attached hydrogens (tertiary/aromatic N) is 6. The Kier molecular flexibility index (Phi) is 15.7. The summed E-state index contributed by atoms with van der Waals surface area (Å²) in [5.74, 6) is 0. The first-order valence-corrected chi connectivity index (χ1v) is 26.1. The molecule has 0 aliphatic carbocycles. The monoisotopic (exact) mass is 1130 g/mol. The maximum atomic E-state index is 4.67. The van der Waals surface area contributed by atoms with E-state index in [1.807, 2.05) is 73.6 Å². The normalized spacial score (nSPS) is 10.8. The Morgan fingerprint density at radius 1 is 0.163 bits per heavy atom. The molecule has 80 heavy (non-hydrogen) atoms. The first kappa shape index (κ1) is 52.4. The zero-order chi connectivity index (χ0) is 52.0. The van der Waals surface area contributed by atoms with E-state index in [0.29, 0.717) is 0 Å². The van der Waals surface area contributed by atoms with Gasteiger partial charge in [0.25, 0.3) is 0 Å². The maximum Gasteiger partial charge on any atom is 2.00 e. The summed E-state index contributed by atoms with van der Waals surface area (Å²) in [6.07, 6.45) is 11.3. The summed E-state index contributed by atoms with van der Waals surface area (Å²) in [6.45, 7) is 0. The summed E-state index contributed by atoms with van der Waals surface area (Å²) in [6, 6.07) is 88.0. The Balaban J connectivity index is 0.000000125. The fraction of sp³-hybridized carbons (Fsp3) is 0. The fourth-order valence-electron chi connectivity index (χ4n) is 10.7. The van der Waals surface area contributed by atoms with Gasteiger partial charge in [0.05, 0.1) is 33.1 Å². The van der Waals surface area contributed by atoms with Crippen LogP contribution in [0, 0.1) is 0 Å². The van der Waals surface area contributed by atoms with E-state index in [4.69, 9.17) is 0 Å². The Morgan fingerprint density at radius 2 is 0.300 bits per heavy atom. The quantitative estimate of drug-likeness (QED) is 0.122. The third-order valence-corrected chi connectivity index (χ3v) is 14.4. The van der Waals surface area contributed by atoms with Gasteiger partial charge >= 0.3 is 19.5 Å².